The molecule has 2 N–H and O–H groups in total. The summed E-state index contributed by atoms with van der Waals surface area (Å²) in [6, 6.07) is 4.17. The molecule has 2 heterocycles. The van der Waals surface area contributed by atoms with Gasteiger partial charge in [-0.3, -0.25) is 0 Å². The molecular formula is C13H19N3. The Labute approximate surface area is 96.7 Å². The Balaban J connectivity index is 1.93. The van der Waals surface area contributed by atoms with Crippen LogP contribution in [0.15, 0.2) is 18.3 Å². The van der Waals surface area contributed by atoms with Gasteiger partial charge in [0.25, 0.3) is 0 Å². The van der Waals surface area contributed by atoms with Gasteiger partial charge < -0.3 is 10.6 Å². The standard InChI is InChI=1S/C13H19N3/c14-13(6-7-13)11-5-4-8-15-12(11)16-9-2-1-3-10-16/h4-5,8H,1-3,6-7,9-10,14H2. The minimum absolute atomic E-state index is 0.0684. The number of piperidine rings is 1. The lowest BCUT2D eigenvalue weighted by molar-refractivity contribution is 0.568. The first-order valence-corrected chi connectivity index (χ1v) is 6.29. The molecule has 1 aromatic heterocycles. The molecule has 0 atom stereocenters. The lowest BCUT2D eigenvalue weighted by Crippen LogP contribution is -2.33. The molecule has 1 aromatic rings. The van der Waals surface area contributed by atoms with Crippen LogP contribution in [0.1, 0.15) is 37.7 Å². The maximum Gasteiger partial charge on any atom is 0.133 e. The molecule has 0 aromatic carbocycles. The smallest absolute Gasteiger partial charge is 0.133 e. The van der Waals surface area contributed by atoms with Crippen molar-refractivity contribution in [3.63, 3.8) is 0 Å². The van der Waals surface area contributed by atoms with Crippen molar-refractivity contribution >= 4 is 5.82 Å². The fraction of sp³-hybridized carbons (Fsp3) is 0.615. The molecule has 0 bridgehead atoms. The zero-order chi connectivity index (χ0) is 11.0. The summed E-state index contributed by atoms with van der Waals surface area (Å²) < 4.78 is 0. The van der Waals surface area contributed by atoms with Gasteiger partial charge in [0, 0.05) is 30.4 Å². The molecule has 3 nitrogen and oxygen atoms in total. The fourth-order valence-electron chi connectivity index (χ4n) is 2.55. The van der Waals surface area contributed by atoms with Crippen LogP contribution >= 0.6 is 0 Å². The van der Waals surface area contributed by atoms with Crippen molar-refractivity contribution in [1.82, 2.24) is 4.98 Å². The summed E-state index contributed by atoms with van der Waals surface area (Å²) in [7, 11) is 0. The molecule has 16 heavy (non-hydrogen) atoms. The quantitative estimate of drug-likeness (QED) is 0.824. The van der Waals surface area contributed by atoms with E-state index in [9.17, 15) is 0 Å². The van der Waals surface area contributed by atoms with Gasteiger partial charge in [-0.2, -0.15) is 0 Å². The highest BCUT2D eigenvalue weighted by Gasteiger charge is 2.42. The Morgan fingerprint density at radius 2 is 1.94 bits per heavy atom. The third kappa shape index (κ3) is 1.69. The summed E-state index contributed by atoms with van der Waals surface area (Å²) in [5.74, 6) is 1.14. The van der Waals surface area contributed by atoms with Crippen LogP contribution in [0.5, 0.6) is 0 Å². The summed E-state index contributed by atoms with van der Waals surface area (Å²) in [5, 5.41) is 0. The molecule has 1 saturated heterocycles. The number of anilines is 1. The highest BCUT2D eigenvalue weighted by Crippen LogP contribution is 2.45. The van der Waals surface area contributed by atoms with Gasteiger partial charge in [0.2, 0.25) is 0 Å². The van der Waals surface area contributed by atoms with Crippen molar-refractivity contribution in [3.8, 4) is 0 Å². The number of nitrogens with two attached hydrogens (primary N) is 1. The molecule has 0 unspecified atom stereocenters. The van der Waals surface area contributed by atoms with Crippen LogP contribution in [-0.4, -0.2) is 18.1 Å². The molecule has 0 radical (unpaired) electrons. The average molecular weight is 217 g/mol. The Kier molecular flexibility index (Phi) is 2.36. The maximum absolute atomic E-state index is 6.31. The van der Waals surface area contributed by atoms with Gasteiger partial charge in [-0.25, -0.2) is 4.98 Å². The molecule has 86 valence electrons. The molecular weight excluding hydrogens is 198 g/mol. The minimum atomic E-state index is -0.0684. The number of rotatable bonds is 2. The van der Waals surface area contributed by atoms with Gasteiger partial charge >= 0.3 is 0 Å². The normalized spacial score (nSPS) is 23.2. The molecule has 3 rings (SSSR count). The number of hydrogen-bond acceptors (Lipinski definition) is 3. The summed E-state index contributed by atoms with van der Waals surface area (Å²) >= 11 is 0. The number of nitrogens with zero attached hydrogens (tertiary/aromatic N) is 2. The van der Waals surface area contributed by atoms with Crippen molar-refractivity contribution in [2.24, 2.45) is 5.73 Å². The van der Waals surface area contributed by atoms with E-state index in [1.54, 1.807) is 0 Å². The summed E-state index contributed by atoms with van der Waals surface area (Å²) in [4.78, 5) is 6.96. The van der Waals surface area contributed by atoms with Gasteiger partial charge in [0.1, 0.15) is 5.82 Å². The van der Waals surface area contributed by atoms with Crippen LogP contribution in [0.4, 0.5) is 5.82 Å². The number of hydrogen-bond donors (Lipinski definition) is 1. The van der Waals surface area contributed by atoms with E-state index in [-0.39, 0.29) is 5.54 Å². The summed E-state index contributed by atoms with van der Waals surface area (Å²) in [6.45, 7) is 2.28. The minimum Gasteiger partial charge on any atom is -0.356 e. The van der Waals surface area contributed by atoms with Gasteiger partial charge in [-0.15, -0.1) is 0 Å². The monoisotopic (exact) mass is 217 g/mol. The largest absolute Gasteiger partial charge is 0.356 e. The van der Waals surface area contributed by atoms with Gasteiger partial charge in [0.15, 0.2) is 0 Å². The van der Waals surface area contributed by atoms with E-state index in [1.807, 2.05) is 12.3 Å². The van der Waals surface area contributed by atoms with Crippen LogP contribution in [0.3, 0.4) is 0 Å². The lowest BCUT2D eigenvalue weighted by atomic mass is 10.0. The van der Waals surface area contributed by atoms with Crippen LogP contribution in [0.25, 0.3) is 0 Å². The predicted molar refractivity (Wildman–Crippen MR) is 65.4 cm³/mol. The highest BCUT2D eigenvalue weighted by molar-refractivity contribution is 5.52. The second-order valence-corrected chi connectivity index (χ2v) is 5.08. The van der Waals surface area contributed by atoms with Gasteiger partial charge in [-0.05, 0) is 38.2 Å². The van der Waals surface area contributed by atoms with E-state index in [4.69, 9.17) is 5.73 Å². The predicted octanol–water partition coefficient (Wildman–Crippen LogP) is 2.02. The van der Waals surface area contributed by atoms with Crippen LogP contribution in [-0.2, 0) is 5.54 Å². The number of pyridine rings is 1. The fourth-order valence-corrected chi connectivity index (χ4v) is 2.55. The van der Waals surface area contributed by atoms with Crippen molar-refractivity contribution in [2.45, 2.75) is 37.6 Å². The topological polar surface area (TPSA) is 42.1 Å². The second kappa shape index (κ2) is 3.74. The lowest BCUT2D eigenvalue weighted by Gasteiger charge is -2.30. The second-order valence-electron chi connectivity index (χ2n) is 5.08. The van der Waals surface area contributed by atoms with Crippen molar-refractivity contribution in [2.75, 3.05) is 18.0 Å². The molecule has 3 heteroatoms. The van der Waals surface area contributed by atoms with E-state index in [1.165, 1.54) is 24.8 Å². The first-order valence-electron chi connectivity index (χ1n) is 6.29. The van der Waals surface area contributed by atoms with Crippen LogP contribution < -0.4 is 10.6 Å². The molecule has 2 aliphatic rings. The Bertz CT molecular complexity index is 379. The number of aromatic nitrogens is 1. The third-order valence-corrected chi connectivity index (χ3v) is 3.77. The molecule has 2 fully saturated rings. The van der Waals surface area contributed by atoms with E-state index >= 15 is 0 Å². The molecule has 0 spiro atoms. The summed E-state index contributed by atoms with van der Waals surface area (Å²) in [5.41, 5.74) is 7.50. The Morgan fingerprint density at radius 1 is 1.19 bits per heavy atom. The van der Waals surface area contributed by atoms with Gasteiger partial charge in [-0.1, -0.05) is 6.07 Å². The third-order valence-electron chi connectivity index (χ3n) is 3.77. The first-order chi connectivity index (χ1) is 7.80. The van der Waals surface area contributed by atoms with Crippen molar-refractivity contribution in [1.29, 1.82) is 0 Å². The SMILES string of the molecule is NC1(c2cccnc2N2CCCCC2)CC1. The van der Waals surface area contributed by atoms with Gasteiger partial charge in [0.05, 0.1) is 0 Å². The Hall–Kier alpha value is -1.09. The van der Waals surface area contributed by atoms with Crippen molar-refractivity contribution < 1.29 is 0 Å². The maximum atomic E-state index is 6.31. The van der Waals surface area contributed by atoms with Crippen molar-refractivity contribution in [3.05, 3.63) is 23.9 Å². The molecule has 1 saturated carbocycles. The van der Waals surface area contributed by atoms with E-state index in [0.717, 1.165) is 31.7 Å². The molecule has 1 aliphatic heterocycles. The average Bonchev–Trinajstić information content (AvgIpc) is 3.10. The highest BCUT2D eigenvalue weighted by atomic mass is 15.2. The molecule has 0 amide bonds. The Morgan fingerprint density at radius 3 is 2.62 bits per heavy atom. The zero-order valence-corrected chi connectivity index (χ0v) is 9.65. The van der Waals surface area contributed by atoms with Crippen LogP contribution in [0.2, 0.25) is 0 Å². The zero-order valence-electron chi connectivity index (χ0n) is 9.65. The summed E-state index contributed by atoms with van der Waals surface area (Å²) in [6.07, 6.45) is 8.03. The van der Waals surface area contributed by atoms with E-state index in [2.05, 4.69) is 16.0 Å². The first kappa shape index (κ1) is 10.1. The van der Waals surface area contributed by atoms with Crippen LogP contribution in [0, 0.1) is 0 Å². The molecule has 1 aliphatic carbocycles. The van der Waals surface area contributed by atoms with E-state index in [0.29, 0.717) is 0 Å². The van der Waals surface area contributed by atoms with E-state index < -0.39 is 0 Å².